The molecule has 0 saturated heterocycles. The first-order valence-electron chi connectivity index (χ1n) is 6.84. The predicted molar refractivity (Wildman–Crippen MR) is 87.9 cm³/mol. The summed E-state index contributed by atoms with van der Waals surface area (Å²) >= 11 is 6.13. The number of urea groups is 1. The summed E-state index contributed by atoms with van der Waals surface area (Å²) in [6, 6.07) is 8.96. The highest BCUT2D eigenvalue weighted by atomic mass is 35.5. The van der Waals surface area contributed by atoms with E-state index in [0.29, 0.717) is 10.8 Å². The molecule has 2 N–H and O–H groups in total. The Morgan fingerprint density at radius 3 is 2.77 bits per heavy atom. The number of hydrogen-bond donors (Lipinski definition) is 2. The van der Waals surface area contributed by atoms with Crippen molar-refractivity contribution in [2.75, 3.05) is 11.9 Å². The number of amides is 2. The van der Waals surface area contributed by atoms with Gasteiger partial charge in [-0.1, -0.05) is 17.7 Å². The van der Waals surface area contributed by atoms with Crippen LogP contribution in [0.15, 0.2) is 24.3 Å². The molecule has 0 unspecified atom stereocenters. The van der Waals surface area contributed by atoms with Gasteiger partial charge in [0.05, 0.1) is 17.0 Å². The van der Waals surface area contributed by atoms with Crippen LogP contribution in [0.25, 0.3) is 10.9 Å². The average molecular weight is 317 g/mol. The van der Waals surface area contributed by atoms with Gasteiger partial charge >= 0.3 is 6.03 Å². The number of nitrogens with one attached hydrogen (secondary N) is 2. The molecule has 1 aromatic heterocycles. The van der Waals surface area contributed by atoms with Crippen molar-refractivity contribution >= 4 is 34.4 Å². The molecule has 0 fully saturated rings. The Kier molecular flexibility index (Phi) is 4.53. The number of benzene rings is 1. The zero-order valence-electron chi connectivity index (χ0n) is 12.7. The molecule has 0 aliphatic rings. The molecule has 0 atom stereocenters. The van der Waals surface area contributed by atoms with Gasteiger partial charge in [0.2, 0.25) is 0 Å². The van der Waals surface area contributed by atoms with Gasteiger partial charge in [-0.3, -0.25) is 5.32 Å². The Balaban J connectivity index is 2.14. The van der Waals surface area contributed by atoms with Gasteiger partial charge in [0.25, 0.3) is 0 Å². The monoisotopic (exact) mass is 316 g/mol. The highest BCUT2D eigenvalue weighted by Crippen LogP contribution is 2.26. The van der Waals surface area contributed by atoms with Gasteiger partial charge < -0.3 is 5.32 Å². The van der Waals surface area contributed by atoms with Crippen LogP contribution < -0.4 is 10.6 Å². The molecule has 0 aliphatic carbocycles. The van der Waals surface area contributed by atoms with E-state index in [2.05, 4.69) is 21.7 Å². The lowest BCUT2D eigenvalue weighted by Crippen LogP contribution is -2.36. The largest absolute Gasteiger partial charge is 0.336 e. The molecular weight excluding hydrogens is 300 g/mol. The Labute approximate surface area is 134 Å². The number of rotatable bonds is 3. The second kappa shape index (κ2) is 6.20. The molecule has 0 bridgehead atoms. The van der Waals surface area contributed by atoms with Gasteiger partial charge in [-0.25, -0.2) is 9.78 Å². The van der Waals surface area contributed by atoms with Crippen molar-refractivity contribution in [3.63, 3.8) is 0 Å². The lowest BCUT2D eigenvalue weighted by Gasteiger charge is -2.16. The van der Waals surface area contributed by atoms with Crippen LogP contribution in [0.1, 0.15) is 19.4 Å². The maximum atomic E-state index is 11.9. The molecule has 114 valence electrons. The first-order valence-corrected chi connectivity index (χ1v) is 7.22. The quantitative estimate of drug-likeness (QED) is 0.902. The molecule has 2 aromatic rings. The highest BCUT2D eigenvalue weighted by molar-refractivity contribution is 6.35. The van der Waals surface area contributed by atoms with E-state index in [9.17, 15) is 4.79 Å². The van der Waals surface area contributed by atoms with Gasteiger partial charge in [-0.05, 0) is 44.5 Å². The van der Waals surface area contributed by atoms with Gasteiger partial charge in [0.15, 0.2) is 0 Å². The molecule has 0 spiro atoms. The van der Waals surface area contributed by atoms with Crippen molar-refractivity contribution in [3.05, 3.63) is 34.9 Å². The van der Waals surface area contributed by atoms with Crippen LogP contribution in [0.4, 0.5) is 10.6 Å². The van der Waals surface area contributed by atoms with Crippen LogP contribution in [-0.2, 0) is 0 Å². The standard InChI is InChI=1S/C16H17ClN4O/c1-10-4-6-12(17)11-5-7-13(20-14(10)11)21-15(22)19-9-16(2,3)8-18/h4-7H,9H2,1-3H3,(H2,19,20,21,22). The molecule has 5 nitrogen and oxygen atoms in total. The number of aryl methyl sites for hydroxylation is 1. The zero-order valence-corrected chi connectivity index (χ0v) is 13.5. The summed E-state index contributed by atoms with van der Waals surface area (Å²) in [5.74, 6) is 0.435. The van der Waals surface area contributed by atoms with E-state index >= 15 is 0 Å². The molecule has 1 heterocycles. The van der Waals surface area contributed by atoms with E-state index in [0.717, 1.165) is 16.5 Å². The summed E-state index contributed by atoms with van der Waals surface area (Å²) in [6.45, 7) is 5.71. The summed E-state index contributed by atoms with van der Waals surface area (Å²) in [5.41, 5.74) is 1.12. The second-order valence-corrected chi connectivity index (χ2v) is 6.17. The first kappa shape index (κ1) is 16.1. The number of fused-ring (bicyclic) bond motifs is 1. The van der Waals surface area contributed by atoms with Gasteiger partial charge in [0, 0.05) is 17.0 Å². The van der Waals surface area contributed by atoms with E-state index in [4.69, 9.17) is 16.9 Å². The molecule has 0 saturated carbocycles. The van der Waals surface area contributed by atoms with Crippen LogP contribution in [0, 0.1) is 23.7 Å². The third-order valence-corrected chi connectivity index (χ3v) is 3.57. The number of carbonyl (C=O) groups is 1. The zero-order chi connectivity index (χ0) is 16.3. The average Bonchev–Trinajstić information content (AvgIpc) is 2.49. The number of hydrogen-bond acceptors (Lipinski definition) is 3. The minimum atomic E-state index is -0.613. The first-order chi connectivity index (χ1) is 10.3. The lowest BCUT2D eigenvalue weighted by atomic mass is 9.96. The van der Waals surface area contributed by atoms with Crippen molar-refractivity contribution < 1.29 is 4.79 Å². The summed E-state index contributed by atoms with van der Waals surface area (Å²) in [7, 11) is 0. The van der Waals surface area contributed by atoms with Crippen molar-refractivity contribution in [1.82, 2.24) is 10.3 Å². The number of nitrogens with zero attached hydrogens (tertiary/aromatic N) is 2. The number of aromatic nitrogens is 1. The van der Waals surface area contributed by atoms with Crippen molar-refractivity contribution in [3.8, 4) is 6.07 Å². The van der Waals surface area contributed by atoms with Crippen LogP contribution >= 0.6 is 11.6 Å². The Morgan fingerprint density at radius 2 is 2.09 bits per heavy atom. The summed E-state index contributed by atoms with van der Waals surface area (Å²) in [6.07, 6.45) is 0. The number of anilines is 1. The van der Waals surface area contributed by atoms with E-state index in [-0.39, 0.29) is 6.54 Å². The van der Waals surface area contributed by atoms with Gasteiger partial charge in [0.1, 0.15) is 5.82 Å². The van der Waals surface area contributed by atoms with E-state index in [1.165, 1.54) is 0 Å². The number of pyridine rings is 1. The molecule has 0 radical (unpaired) electrons. The highest BCUT2D eigenvalue weighted by Gasteiger charge is 2.17. The molecule has 6 heteroatoms. The Hall–Kier alpha value is -2.32. The smallest absolute Gasteiger partial charge is 0.320 e. The van der Waals surface area contributed by atoms with Crippen LogP contribution in [0.2, 0.25) is 5.02 Å². The predicted octanol–water partition coefficient (Wildman–Crippen LogP) is 3.87. The van der Waals surface area contributed by atoms with Crippen molar-refractivity contribution in [2.45, 2.75) is 20.8 Å². The molecule has 1 aromatic carbocycles. The maximum absolute atomic E-state index is 11.9. The summed E-state index contributed by atoms with van der Waals surface area (Å²) < 4.78 is 0. The van der Waals surface area contributed by atoms with Gasteiger partial charge in [-0.15, -0.1) is 0 Å². The van der Waals surface area contributed by atoms with E-state index in [1.54, 1.807) is 19.9 Å². The topological polar surface area (TPSA) is 77.8 Å². The molecular formula is C16H17ClN4O. The van der Waals surface area contributed by atoms with E-state index in [1.807, 2.05) is 25.1 Å². The van der Waals surface area contributed by atoms with E-state index < -0.39 is 11.4 Å². The Bertz CT molecular complexity index is 765. The molecule has 22 heavy (non-hydrogen) atoms. The van der Waals surface area contributed by atoms with Crippen molar-refractivity contribution in [2.24, 2.45) is 5.41 Å². The van der Waals surface area contributed by atoms with Crippen LogP contribution in [0.3, 0.4) is 0 Å². The Morgan fingerprint density at radius 1 is 1.36 bits per heavy atom. The fourth-order valence-corrected chi connectivity index (χ4v) is 2.11. The van der Waals surface area contributed by atoms with Gasteiger partial charge in [-0.2, -0.15) is 5.26 Å². The fourth-order valence-electron chi connectivity index (χ4n) is 1.89. The van der Waals surface area contributed by atoms with Crippen molar-refractivity contribution in [1.29, 1.82) is 5.26 Å². The fraction of sp³-hybridized carbons (Fsp3) is 0.312. The normalized spacial score (nSPS) is 11.0. The minimum Gasteiger partial charge on any atom is -0.336 e. The third-order valence-electron chi connectivity index (χ3n) is 3.24. The SMILES string of the molecule is Cc1ccc(Cl)c2ccc(NC(=O)NCC(C)(C)C#N)nc12. The summed E-state index contributed by atoms with van der Waals surface area (Å²) in [5, 5.41) is 15.7. The number of halogens is 1. The minimum absolute atomic E-state index is 0.258. The number of carbonyl (C=O) groups excluding carboxylic acids is 1. The number of nitriles is 1. The summed E-state index contributed by atoms with van der Waals surface area (Å²) in [4.78, 5) is 16.3. The molecule has 0 aliphatic heterocycles. The lowest BCUT2D eigenvalue weighted by molar-refractivity contribution is 0.249. The second-order valence-electron chi connectivity index (χ2n) is 5.76. The molecule has 2 rings (SSSR count). The third kappa shape index (κ3) is 3.66. The van der Waals surface area contributed by atoms with Crippen LogP contribution in [0.5, 0.6) is 0 Å². The van der Waals surface area contributed by atoms with Crippen LogP contribution in [-0.4, -0.2) is 17.6 Å². The maximum Gasteiger partial charge on any atom is 0.320 e. The molecule has 2 amide bonds.